The Morgan fingerprint density at radius 2 is 1.53 bits per heavy atom. The van der Waals surface area contributed by atoms with Crippen molar-refractivity contribution in [3.8, 4) is 17.2 Å². The molecule has 0 aliphatic rings. The molecule has 2 aromatic heterocycles. The summed E-state index contributed by atoms with van der Waals surface area (Å²) in [6.07, 6.45) is 1.78. The van der Waals surface area contributed by atoms with Gasteiger partial charge in [-0.2, -0.15) is 0 Å². The molecule has 0 radical (unpaired) electrons. The van der Waals surface area contributed by atoms with Gasteiger partial charge in [0, 0.05) is 24.8 Å². The first-order chi connectivity index (χ1) is 15.5. The summed E-state index contributed by atoms with van der Waals surface area (Å²) >= 11 is 0. The predicted molar refractivity (Wildman–Crippen MR) is 121 cm³/mol. The summed E-state index contributed by atoms with van der Waals surface area (Å²) in [5.41, 5.74) is 1.48. The summed E-state index contributed by atoms with van der Waals surface area (Å²) in [5.74, 6) is 2.88. The minimum absolute atomic E-state index is 0.262. The number of hydrogen-bond acceptors (Lipinski definition) is 9. The molecule has 0 atom stereocenters. The first-order valence-corrected chi connectivity index (χ1v) is 9.89. The number of nitrogens with zero attached hydrogens (tertiary/aromatic N) is 3. The number of ether oxygens (including phenoxy) is 3. The van der Waals surface area contributed by atoms with E-state index >= 15 is 0 Å². The van der Waals surface area contributed by atoms with Crippen molar-refractivity contribution in [2.75, 3.05) is 45.1 Å². The van der Waals surface area contributed by atoms with Gasteiger partial charge in [-0.1, -0.05) is 6.07 Å². The molecule has 3 N–H and O–H groups in total. The Morgan fingerprint density at radius 1 is 0.875 bits per heavy atom. The molecule has 0 unspecified atom stereocenters. The van der Waals surface area contributed by atoms with Crippen LogP contribution >= 0.6 is 0 Å². The number of carbonyl (C=O) groups excluding carboxylic acids is 1. The van der Waals surface area contributed by atoms with Crippen molar-refractivity contribution in [1.29, 1.82) is 0 Å². The van der Waals surface area contributed by atoms with E-state index in [-0.39, 0.29) is 5.91 Å². The lowest BCUT2D eigenvalue weighted by atomic mass is 10.1. The van der Waals surface area contributed by atoms with Crippen LogP contribution in [-0.2, 0) is 0 Å². The number of aromatic nitrogens is 3. The Hall–Kier alpha value is -4.08. The Kier molecular flexibility index (Phi) is 7.63. The molecule has 0 bridgehead atoms. The maximum absolute atomic E-state index is 12.5. The van der Waals surface area contributed by atoms with Gasteiger partial charge in [0.2, 0.25) is 5.75 Å². The summed E-state index contributed by atoms with van der Waals surface area (Å²) in [4.78, 5) is 16.8. The molecule has 32 heavy (non-hydrogen) atoms. The quantitative estimate of drug-likeness (QED) is 0.410. The molecule has 0 spiro atoms. The van der Waals surface area contributed by atoms with Crippen molar-refractivity contribution in [2.24, 2.45) is 0 Å². The zero-order valence-electron chi connectivity index (χ0n) is 18.4. The van der Waals surface area contributed by atoms with Gasteiger partial charge in [0.25, 0.3) is 5.91 Å². The highest BCUT2D eigenvalue weighted by molar-refractivity contribution is 5.95. The molecule has 168 valence electrons. The zero-order valence-corrected chi connectivity index (χ0v) is 18.4. The van der Waals surface area contributed by atoms with E-state index in [1.807, 2.05) is 19.1 Å². The number of anilines is 3. The second kappa shape index (κ2) is 10.8. The van der Waals surface area contributed by atoms with Crippen LogP contribution in [0.3, 0.4) is 0 Å². The van der Waals surface area contributed by atoms with Crippen molar-refractivity contribution in [3.63, 3.8) is 0 Å². The largest absolute Gasteiger partial charge is 0.493 e. The zero-order chi connectivity index (χ0) is 22.9. The van der Waals surface area contributed by atoms with Crippen LogP contribution < -0.4 is 30.2 Å². The molecular formula is C22H26N6O4. The van der Waals surface area contributed by atoms with Gasteiger partial charge in [-0.3, -0.25) is 4.79 Å². The predicted octanol–water partition coefficient (Wildman–Crippen LogP) is 2.79. The van der Waals surface area contributed by atoms with E-state index in [4.69, 9.17) is 14.2 Å². The highest BCUT2D eigenvalue weighted by atomic mass is 16.5. The maximum Gasteiger partial charge on any atom is 0.251 e. The lowest BCUT2D eigenvalue weighted by molar-refractivity contribution is 0.0954. The third-order valence-corrected chi connectivity index (χ3v) is 4.48. The van der Waals surface area contributed by atoms with E-state index < -0.39 is 0 Å². The first kappa shape index (κ1) is 22.6. The smallest absolute Gasteiger partial charge is 0.251 e. The molecule has 0 aliphatic carbocycles. The van der Waals surface area contributed by atoms with Crippen molar-refractivity contribution >= 4 is 23.4 Å². The van der Waals surface area contributed by atoms with Crippen LogP contribution in [0, 0.1) is 6.92 Å². The number of aryl methyl sites for hydroxylation is 1. The fourth-order valence-corrected chi connectivity index (χ4v) is 2.85. The number of nitrogens with one attached hydrogen (secondary N) is 3. The highest BCUT2D eigenvalue weighted by Crippen LogP contribution is 2.38. The van der Waals surface area contributed by atoms with Gasteiger partial charge in [0.05, 0.1) is 21.3 Å². The molecular weight excluding hydrogens is 412 g/mol. The summed E-state index contributed by atoms with van der Waals surface area (Å²) < 4.78 is 15.8. The number of rotatable bonds is 10. The molecule has 3 aromatic rings. The fraction of sp³-hybridized carbons (Fsp3) is 0.273. The van der Waals surface area contributed by atoms with Crippen LogP contribution in [0.4, 0.5) is 17.5 Å². The van der Waals surface area contributed by atoms with E-state index in [2.05, 4.69) is 31.1 Å². The van der Waals surface area contributed by atoms with Gasteiger partial charge in [-0.25, -0.2) is 4.98 Å². The van der Waals surface area contributed by atoms with E-state index in [1.165, 1.54) is 21.3 Å². The van der Waals surface area contributed by atoms with Crippen molar-refractivity contribution < 1.29 is 19.0 Å². The number of methoxy groups -OCH3 is 3. The SMILES string of the molecule is COc1cc(C(=O)NCCNc2ccc(Nc3ccc(C)cn3)nn2)cc(OC)c1OC. The average molecular weight is 438 g/mol. The number of pyridine rings is 1. The van der Waals surface area contributed by atoms with Gasteiger partial charge >= 0.3 is 0 Å². The van der Waals surface area contributed by atoms with Crippen LogP contribution in [0.5, 0.6) is 17.2 Å². The molecule has 1 amide bonds. The number of carbonyl (C=O) groups is 1. The van der Waals surface area contributed by atoms with Gasteiger partial charge in [-0.05, 0) is 42.8 Å². The minimum Gasteiger partial charge on any atom is -0.493 e. The Bertz CT molecular complexity index is 1020. The normalized spacial score (nSPS) is 10.2. The third kappa shape index (κ3) is 5.75. The fourth-order valence-electron chi connectivity index (χ4n) is 2.85. The summed E-state index contributed by atoms with van der Waals surface area (Å²) in [6, 6.07) is 10.6. The standard InChI is InChI=1S/C22H26N6O4/c1-14-5-6-18(25-13-14)26-20-8-7-19(27-28-20)23-9-10-24-22(29)15-11-16(30-2)21(32-4)17(12-15)31-3/h5-8,11-13H,9-10H2,1-4H3,(H,23,27)(H,24,29)(H,25,26,28). The minimum atomic E-state index is -0.262. The van der Waals surface area contributed by atoms with Gasteiger partial charge in [0.1, 0.15) is 11.6 Å². The monoisotopic (exact) mass is 438 g/mol. The van der Waals surface area contributed by atoms with E-state index in [9.17, 15) is 4.79 Å². The Labute approximate surface area is 186 Å². The molecule has 3 rings (SSSR count). The average Bonchev–Trinajstić information content (AvgIpc) is 2.83. The lowest BCUT2D eigenvalue weighted by Gasteiger charge is -2.14. The molecule has 0 saturated heterocycles. The van der Waals surface area contributed by atoms with Crippen molar-refractivity contribution in [2.45, 2.75) is 6.92 Å². The second-order valence-electron chi connectivity index (χ2n) is 6.75. The molecule has 2 heterocycles. The molecule has 0 fully saturated rings. The molecule has 0 aliphatic heterocycles. The number of amides is 1. The second-order valence-corrected chi connectivity index (χ2v) is 6.75. The van der Waals surface area contributed by atoms with E-state index in [1.54, 1.807) is 30.5 Å². The maximum atomic E-state index is 12.5. The van der Waals surface area contributed by atoms with Gasteiger partial charge in [-0.15, -0.1) is 10.2 Å². The third-order valence-electron chi connectivity index (χ3n) is 4.48. The highest BCUT2D eigenvalue weighted by Gasteiger charge is 2.16. The van der Waals surface area contributed by atoms with Crippen LogP contribution in [0.15, 0.2) is 42.6 Å². The summed E-state index contributed by atoms with van der Waals surface area (Å²) in [6.45, 7) is 2.83. The summed E-state index contributed by atoms with van der Waals surface area (Å²) in [7, 11) is 4.51. The number of benzene rings is 1. The Balaban J connectivity index is 1.49. The molecule has 10 nitrogen and oxygen atoms in total. The van der Waals surface area contributed by atoms with Gasteiger partial charge in [0.15, 0.2) is 17.3 Å². The topological polar surface area (TPSA) is 120 Å². The lowest BCUT2D eigenvalue weighted by Crippen LogP contribution is -2.29. The van der Waals surface area contributed by atoms with Crippen LogP contribution in [0.25, 0.3) is 0 Å². The van der Waals surface area contributed by atoms with Crippen LogP contribution in [-0.4, -0.2) is 55.5 Å². The van der Waals surface area contributed by atoms with Gasteiger partial charge < -0.3 is 30.2 Å². The Morgan fingerprint density at radius 3 is 2.09 bits per heavy atom. The van der Waals surface area contributed by atoms with Crippen molar-refractivity contribution in [3.05, 3.63) is 53.7 Å². The van der Waals surface area contributed by atoms with Crippen LogP contribution in [0.1, 0.15) is 15.9 Å². The summed E-state index contributed by atoms with van der Waals surface area (Å²) in [5, 5.41) is 17.3. The van der Waals surface area contributed by atoms with E-state index in [0.29, 0.717) is 53.4 Å². The van der Waals surface area contributed by atoms with Crippen LogP contribution in [0.2, 0.25) is 0 Å². The van der Waals surface area contributed by atoms with Crippen molar-refractivity contribution in [1.82, 2.24) is 20.5 Å². The molecule has 1 aromatic carbocycles. The number of hydrogen-bond donors (Lipinski definition) is 3. The molecule has 0 saturated carbocycles. The molecule has 10 heteroatoms. The first-order valence-electron chi connectivity index (χ1n) is 9.89. The van der Waals surface area contributed by atoms with E-state index in [0.717, 1.165) is 5.56 Å².